The first-order valence-corrected chi connectivity index (χ1v) is 2.73. The molecular formula is C5H3F5N2. The molecule has 0 aliphatic heterocycles. The van der Waals surface area contributed by atoms with Crippen LogP contribution in [-0.2, 0) is 5.92 Å². The number of alkyl halides is 5. The van der Waals surface area contributed by atoms with Crippen molar-refractivity contribution in [3.63, 3.8) is 0 Å². The van der Waals surface area contributed by atoms with Crippen LogP contribution >= 0.6 is 0 Å². The highest BCUT2D eigenvalue weighted by Crippen LogP contribution is 2.46. The molecule has 1 aromatic carbocycles. The number of halogens is 5. The fraction of sp³-hybridized carbons (Fsp3) is 0.400. The van der Waals surface area contributed by atoms with Gasteiger partial charge in [0.2, 0.25) is 0 Å². The zero-order valence-corrected chi connectivity index (χ0v) is 5.47. The van der Waals surface area contributed by atoms with Gasteiger partial charge < -0.3 is 5.73 Å². The quantitative estimate of drug-likeness (QED) is 0.637. The Hall–Kier alpha value is -1.14. The summed E-state index contributed by atoms with van der Waals surface area (Å²) in [5.74, 6) is -4.98. The summed E-state index contributed by atoms with van der Waals surface area (Å²) in [5, 5.41) is 5.63. The number of rotatable bonds is 1. The summed E-state index contributed by atoms with van der Waals surface area (Å²) >= 11 is 0. The van der Waals surface area contributed by atoms with Gasteiger partial charge in [-0.3, -0.25) is 5.41 Å². The maximum absolute atomic E-state index is 12.2. The first kappa shape index (κ1) is 8.95. The number of hydrogen-bond acceptors (Lipinski definition) is 2. The molecule has 68 valence electrons. The molecule has 1 rings (SSSR count). The highest BCUT2D eigenvalue weighted by Gasteiger charge is 2.62. The predicted molar refractivity (Wildman–Crippen MR) is 29.0 cm³/mol. The first-order valence-electron chi connectivity index (χ1n) is 2.73. The molecule has 7 heteroatoms. The molecule has 0 aromatic heterocycles. The van der Waals surface area contributed by atoms with Gasteiger partial charge in [-0.1, -0.05) is 0 Å². The van der Waals surface area contributed by atoms with Crippen molar-refractivity contribution < 1.29 is 22.0 Å². The molecule has 1 aromatic rings. The molecule has 0 aliphatic carbocycles. The summed E-state index contributed by atoms with van der Waals surface area (Å²) in [5.41, 5.74) is 2.49. The topological polar surface area (TPSA) is 49.9 Å². The van der Waals surface area contributed by atoms with E-state index in [1.165, 1.54) is 0 Å². The van der Waals surface area contributed by atoms with E-state index in [2.05, 4.69) is 5.73 Å². The van der Waals surface area contributed by atoms with Crippen molar-refractivity contribution in [2.24, 2.45) is 0 Å². The summed E-state index contributed by atoms with van der Waals surface area (Å²) in [6, 6.07) is 0. The molecule has 2 nitrogen and oxygen atoms in total. The van der Waals surface area contributed by atoms with Gasteiger partial charge in [0.05, 0.1) is 16.6 Å². The lowest BCUT2D eigenvalue weighted by Gasteiger charge is -2.15. The molecule has 3 N–H and O–H groups in total. The van der Waals surface area contributed by atoms with E-state index < -0.39 is 28.7 Å². The van der Waals surface area contributed by atoms with E-state index in [-0.39, 0.29) is 0 Å². The molecule has 0 aliphatic rings. The third-order valence-electron chi connectivity index (χ3n) is 1.40. The van der Waals surface area contributed by atoms with Crippen LogP contribution in [0.15, 0.2) is 0 Å². The molecule has 0 spiro atoms. The van der Waals surface area contributed by atoms with E-state index in [1.54, 1.807) is 0 Å². The Morgan fingerprint density at radius 2 is 1.42 bits per heavy atom. The Bertz CT molecular complexity index is 316. The zero-order chi connectivity index (χ0) is 9.73. The maximum atomic E-state index is 12.2. The first-order chi connectivity index (χ1) is 5.19. The fourth-order valence-electron chi connectivity index (χ4n) is 0.670. The number of nitrogens with two attached hydrogens (primary N) is 1. The summed E-state index contributed by atoms with van der Waals surface area (Å²) in [6.45, 7) is 0. The minimum absolute atomic E-state index is 0.766. The second kappa shape index (κ2) is 1.96. The fourth-order valence-corrected chi connectivity index (χ4v) is 0.670. The highest BCUT2D eigenvalue weighted by atomic mass is 19.4. The molecule has 0 saturated carbocycles. The molecular weight excluding hydrogens is 183 g/mol. The van der Waals surface area contributed by atoms with Crippen LogP contribution < -0.4 is 11.1 Å². The van der Waals surface area contributed by atoms with Gasteiger partial charge in [0.25, 0.3) is 0 Å². The van der Waals surface area contributed by atoms with Gasteiger partial charge in [0, 0.05) is 0 Å². The van der Waals surface area contributed by atoms with Crippen LogP contribution in [0.1, 0.15) is 5.56 Å². The van der Waals surface area contributed by atoms with Crippen LogP contribution in [0.25, 0.3) is 0 Å². The summed E-state index contributed by atoms with van der Waals surface area (Å²) in [4.78, 5) is 0. The van der Waals surface area contributed by atoms with Gasteiger partial charge in [-0.15, -0.1) is 0 Å². The lowest BCUT2D eigenvalue weighted by Crippen LogP contribution is -2.32. The van der Waals surface area contributed by atoms with Gasteiger partial charge in [-0.25, -0.2) is 0 Å². The Labute approximate surface area is 63.0 Å². The molecule has 12 heavy (non-hydrogen) atoms. The molecule has 0 fully saturated rings. The molecule has 0 atom stereocenters. The van der Waals surface area contributed by atoms with Crippen molar-refractivity contribution in [1.29, 1.82) is 5.41 Å². The minimum atomic E-state index is -5.67. The Balaban J connectivity index is 3.04. The highest BCUT2D eigenvalue weighted by molar-refractivity contribution is 5.61. The molecule has 0 saturated heterocycles. The van der Waals surface area contributed by atoms with Crippen molar-refractivity contribution in [1.82, 2.24) is 0 Å². The second-order valence-electron chi connectivity index (χ2n) is 2.24. The van der Waals surface area contributed by atoms with E-state index in [0.717, 1.165) is 0 Å². The van der Waals surface area contributed by atoms with Gasteiger partial charge in [-0.05, 0) is 0 Å². The van der Waals surface area contributed by atoms with Crippen molar-refractivity contribution >= 4 is 5.69 Å². The van der Waals surface area contributed by atoms with Crippen LogP contribution in [-0.4, -0.2) is 6.18 Å². The number of nitrogen functional groups attached to an aromatic ring is 1. The normalized spacial score (nSPS) is 14.1. The van der Waals surface area contributed by atoms with E-state index in [9.17, 15) is 22.0 Å². The van der Waals surface area contributed by atoms with E-state index >= 15 is 0 Å². The maximum Gasteiger partial charge on any atom is 0.458 e. The van der Waals surface area contributed by atoms with Gasteiger partial charge in [0.15, 0.2) is 0 Å². The van der Waals surface area contributed by atoms with E-state index in [1.807, 2.05) is 0 Å². The summed E-state index contributed by atoms with van der Waals surface area (Å²) in [7, 11) is 0. The Morgan fingerprint density at radius 3 is 1.50 bits per heavy atom. The van der Waals surface area contributed by atoms with Gasteiger partial charge >= 0.3 is 12.1 Å². The summed E-state index contributed by atoms with van der Waals surface area (Å²) in [6.07, 6.45) is -5.67. The average molecular weight is 186 g/mol. The van der Waals surface area contributed by atoms with Crippen LogP contribution in [0.3, 0.4) is 0 Å². The SMILES string of the molecule is N=c1c(N)c1C(F)(F)C(F)(F)F. The monoisotopic (exact) mass is 186 g/mol. The number of anilines is 1. The third kappa shape index (κ3) is 0.961. The molecule has 0 heterocycles. The molecule has 0 amide bonds. The van der Waals surface area contributed by atoms with Crippen molar-refractivity contribution in [3.05, 3.63) is 10.9 Å². The van der Waals surface area contributed by atoms with E-state index in [0.29, 0.717) is 0 Å². The largest absolute Gasteiger partial charge is 0.458 e. The van der Waals surface area contributed by atoms with Crippen LogP contribution in [0.4, 0.5) is 27.6 Å². The number of nitrogens with one attached hydrogen (secondary N) is 1. The summed E-state index contributed by atoms with van der Waals surface area (Å²) < 4.78 is 59.0. The minimum Gasteiger partial charge on any atom is -0.397 e. The predicted octanol–water partition coefficient (Wildman–Crippen LogP) is 1.28. The Kier molecular flexibility index (Phi) is 1.46. The van der Waals surface area contributed by atoms with Crippen LogP contribution in [0.5, 0.6) is 0 Å². The standard InChI is InChI=1S/C5H3F5N2/c6-4(7,5(8,9)10)1-2(11)3(1)12/h11H,12H2. The average Bonchev–Trinajstić information content (AvgIpc) is 2.38. The van der Waals surface area contributed by atoms with Crippen molar-refractivity contribution in [3.8, 4) is 0 Å². The molecule has 0 bridgehead atoms. The number of hydrogen-bond donors (Lipinski definition) is 2. The smallest absolute Gasteiger partial charge is 0.397 e. The van der Waals surface area contributed by atoms with Crippen LogP contribution in [0, 0.1) is 5.41 Å². The van der Waals surface area contributed by atoms with Crippen molar-refractivity contribution in [2.45, 2.75) is 12.1 Å². The third-order valence-corrected chi connectivity index (χ3v) is 1.40. The zero-order valence-electron chi connectivity index (χ0n) is 5.47. The van der Waals surface area contributed by atoms with Gasteiger partial charge in [0.1, 0.15) is 0 Å². The molecule has 0 unspecified atom stereocenters. The second-order valence-corrected chi connectivity index (χ2v) is 2.24. The van der Waals surface area contributed by atoms with Gasteiger partial charge in [-0.2, -0.15) is 22.0 Å². The molecule has 0 radical (unpaired) electrons. The lowest BCUT2D eigenvalue weighted by atomic mass is 10.2. The van der Waals surface area contributed by atoms with Crippen LogP contribution in [0.2, 0.25) is 0 Å². The van der Waals surface area contributed by atoms with E-state index in [4.69, 9.17) is 5.41 Å². The lowest BCUT2D eigenvalue weighted by molar-refractivity contribution is -0.288. The Morgan fingerprint density at radius 1 is 1.08 bits per heavy atom. The van der Waals surface area contributed by atoms with Crippen molar-refractivity contribution in [2.75, 3.05) is 5.73 Å².